The third-order valence-electron chi connectivity index (χ3n) is 4.16. The Labute approximate surface area is 138 Å². The quantitative estimate of drug-likeness (QED) is 0.740. The Hall–Kier alpha value is -1.59. The molecule has 1 aliphatic carbocycles. The third-order valence-corrected chi connectivity index (χ3v) is 5.27. The molecule has 120 valence electrons. The van der Waals surface area contributed by atoms with E-state index in [1.807, 2.05) is 36.4 Å². The Morgan fingerprint density at radius 1 is 1.13 bits per heavy atom. The number of alkyl halides is 2. The van der Waals surface area contributed by atoms with Crippen molar-refractivity contribution in [3.63, 3.8) is 0 Å². The van der Waals surface area contributed by atoms with Gasteiger partial charge in [0.05, 0.1) is 0 Å². The minimum Gasteiger partial charge on any atom is -0.490 e. The van der Waals surface area contributed by atoms with E-state index in [4.69, 9.17) is 4.74 Å². The van der Waals surface area contributed by atoms with Crippen LogP contribution in [0.4, 0.5) is 8.78 Å². The first kappa shape index (κ1) is 15.0. The predicted molar refractivity (Wildman–Crippen MR) is 86.6 cm³/mol. The number of nitrogens with zero attached hydrogens (tertiary/aromatic N) is 1. The van der Waals surface area contributed by atoms with E-state index in [0.717, 1.165) is 13.1 Å². The molecular weight excluding hydrogens is 316 g/mol. The largest absolute Gasteiger partial charge is 0.490 e. The van der Waals surface area contributed by atoms with Crippen molar-refractivity contribution in [2.75, 3.05) is 0 Å². The number of benzene rings is 2. The highest BCUT2D eigenvalue weighted by Crippen LogP contribution is 2.42. The van der Waals surface area contributed by atoms with E-state index in [2.05, 4.69) is 16.4 Å². The standard InChI is InChI=1S/C18H17F2NOS/c19-18(20)9-16(10-18)22-15-6-7-17-14(8-15)12-21(23-17)11-13-4-2-1-3-5-13/h1-8,16H,9-12H2. The first-order chi connectivity index (χ1) is 11.1. The zero-order valence-electron chi connectivity index (χ0n) is 12.5. The minimum atomic E-state index is -2.54. The number of hydrogen-bond acceptors (Lipinski definition) is 3. The van der Waals surface area contributed by atoms with Gasteiger partial charge < -0.3 is 4.74 Å². The van der Waals surface area contributed by atoms with Crippen LogP contribution in [0.3, 0.4) is 0 Å². The van der Waals surface area contributed by atoms with Gasteiger partial charge >= 0.3 is 0 Å². The Bertz CT molecular complexity index is 699. The van der Waals surface area contributed by atoms with Crippen LogP contribution in [0.5, 0.6) is 5.75 Å². The summed E-state index contributed by atoms with van der Waals surface area (Å²) in [6.07, 6.45) is -0.685. The molecule has 2 nitrogen and oxygen atoms in total. The molecule has 1 fully saturated rings. The average molecular weight is 333 g/mol. The Balaban J connectivity index is 1.39. The lowest BCUT2D eigenvalue weighted by molar-refractivity contribution is -0.134. The second-order valence-corrected chi connectivity index (χ2v) is 7.29. The smallest absolute Gasteiger partial charge is 0.255 e. The van der Waals surface area contributed by atoms with Gasteiger partial charge in [-0.05, 0) is 41.3 Å². The van der Waals surface area contributed by atoms with Gasteiger partial charge in [-0.3, -0.25) is 0 Å². The van der Waals surface area contributed by atoms with Crippen molar-refractivity contribution >= 4 is 11.9 Å². The van der Waals surface area contributed by atoms with Crippen LogP contribution >= 0.6 is 11.9 Å². The molecule has 2 aromatic rings. The number of hydrogen-bond donors (Lipinski definition) is 0. The monoisotopic (exact) mass is 333 g/mol. The lowest BCUT2D eigenvalue weighted by Crippen LogP contribution is -2.43. The van der Waals surface area contributed by atoms with Gasteiger partial charge in [0.1, 0.15) is 11.9 Å². The second kappa shape index (κ2) is 5.80. The molecule has 0 atom stereocenters. The van der Waals surface area contributed by atoms with E-state index in [0.29, 0.717) is 5.75 Å². The fourth-order valence-electron chi connectivity index (χ4n) is 2.96. The second-order valence-electron chi connectivity index (χ2n) is 6.15. The van der Waals surface area contributed by atoms with Gasteiger partial charge in [0.25, 0.3) is 5.92 Å². The van der Waals surface area contributed by atoms with Gasteiger partial charge in [-0.25, -0.2) is 13.1 Å². The van der Waals surface area contributed by atoms with Crippen LogP contribution in [0.2, 0.25) is 0 Å². The van der Waals surface area contributed by atoms with Crippen molar-refractivity contribution in [2.45, 2.75) is 42.9 Å². The first-order valence-electron chi connectivity index (χ1n) is 7.72. The summed E-state index contributed by atoms with van der Waals surface area (Å²) in [6.45, 7) is 1.72. The fraction of sp³-hybridized carbons (Fsp3) is 0.333. The van der Waals surface area contributed by atoms with E-state index in [9.17, 15) is 8.78 Å². The summed E-state index contributed by atoms with van der Waals surface area (Å²) in [5.41, 5.74) is 2.48. The van der Waals surface area contributed by atoms with Crippen molar-refractivity contribution in [3.8, 4) is 5.75 Å². The zero-order valence-corrected chi connectivity index (χ0v) is 13.4. The van der Waals surface area contributed by atoms with Crippen LogP contribution in [-0.2, 0) is 13.1 Å². The molecule has 0 aromatic heterocycles. The normalized spacial score (nSPS) is 20.1. The van der Waals surface area contributed by atoms with Gasteiger partial charge in [0.15, 0.2) is 0 Å². The fourth-order valence-corrected chi connectivity index (χ4v) is 4.03. The zero-order chi connectivity index (χ0) is 15.9. The number of fused-ring (bicyclic) bond motifs is 1. The van der Waals surface area contributed by atoms with Gasteiger partial charge in [0, 0.05) is 30.8 Å². The molecule has 4 rings (SSSR count). The van der Waals surface area contributed by atoms with Gasteiger partial charge in [0.2, 0.25) is 0 Å². The summed E-state index contributed by atoms with van der Waals surface area (Å²) < 4.78 is 33.7. The van der Waals surface area contributed by atoms with Crippen LogP contribution in [-0.4, -0.2) is 16.3 Å². The topological polar surface area (TPSA) is 12.5 Å². The van der Waals surface area contributed by atoms with E-state index in [-0.39, 0.29) is 18.9 Å². The molecule has 0 N–H and O–H groups in total. The van der Waals surface area contributed by atoms with Crippen molar-refractivity contribution in [3.05, 3.63) is 59.7 Å². The Morgan fingerprint density at radius 3 is 2.65 bits per heavy atom. The molecule has 0 radical (unpaired) electrons. The molecular formula is C18H17F2NOS. The minimum absolute atomic E-state index is 0.168. The Morgan fingerprint density at radius 2 is 1.91 bits per heavy atom. The summed E-state index contributed by atoms with van der Waals surface area (Å²) in [6, 6.07) is 16.2. The van der Waals surface area contributed by atoms with Gasteiger partial charge in [-0.1, -0.05) is 30.3 Å². The molecule has 0 amide bonds. The molecule has 2 aliphatic rings. The number of rotatable bonds is 4. The molecule has 1 aliphatic heterocycles. The van der Waals surface area contributed by atoms with Crippen LogP contribution in [0.25, 0.3) is 0 Å². The Kier molecular flexibility index (Phi) is 3.77. The molecule has 0 unspecified atom stereocenters. The summed E-state index contributed by atoms with van der Waals surface area (Å²) in [7, 11) is 0. The maximum Gasteiger partial charge on any atom is 0.255 e. The molecule has 0 bridgehead atoms. The molecule has 23 heavy (non-hydrogen) atoms. The van der Waals surface area contributed by atoms with Gasteiger partial charge in [-0.15, -0.1) is 0 Å². The molecule has 0 saturated heterocycles. The molecule has 0 spiro atoms. The summed E-state index contributed by atoms with van der Waals surface area (Å²) >= 11 is 1.74. The highest BCUT2D eigenvalue weighted by atomic mass is 32.2. The highest BCUT2D eigenvalue weighted by molar-refractivity contribution is 7.97. The highest BCUT2D eigenvalue weighted by Gasteiger charge is 2.47. The van der Waals surface area contributed by atoms with E-state index < -0.39 is 5.92 Å². The molecule has 1 saturated carbocycles. The van der Waals surface area contributed by atoms with Crippen molar-refractivity contribution in [1.29, 1.82) is 0 Å². The van der Waals surface area contributed by atoms with Crippen LogP contribution in [0, 0.1) is 0 Å². The lowest BCUT2D eigenvalue weighted by Gasteiger charge is -2.34. The summed E-state index contributed by atoms with van der Waals surface area (Å²) in [4.78, 5) is 1.22. The predicted octanol–water partition coefficient (Wildman–Crippen LogP) is 4.89. The first-order valence-corrected chi connectivity index (χ1v) is 8.49. The van der Waals surface area contributed by atoms with Crippen LogP contribution in [0.1, 0.15) is 24.0 Å². The summed E-state index contributed by atoms with van der Waals surface area (Å²) in [5, 5.41) is 0. The van der Waals surface area contributed by atoms with Crippen LogP contribution < -0.4 is 4.74 Å². The van der Waals surface area contributed by atoms with Crippen molar-refractivity contribution in [1.82, 2.24) is 4.31 Å². The third kappa shape index (κ3) is 3.35. The van der Waals surface area contributed by atoms with Crippen LogP contribution in [0.15, 0.2) is 53.4 Å². The number of halogens is 2. The summed E-state index contributed by atoms with van der Waals surface area (Å²) in [5.74, 6) is -1.84. The lowest BCUT2D eigenvalue weighted by atomic mass is 9.91. The maximum atomic E-state index is 12.9. The van der Waals surface area contributed by atoms with E-state index in [1.165, 1.54) is 16.0 Å². The SMILES string of the molecule is FC1(F)CC(Oc2ccc3c(c2)CN(Cc2ccccc2)S3)C1. The molecule has 5 heteroatoms. The molecule has 1 heterocycles. The van der Waals surface area contributed by atoms with Crippen molar-refractivity contribution in [2.24, 2.45) is 0 Å². The van der Waals surface area contributed by atoms with Crippen molar-refractivity contribution < 1.29 is 13.5 Å². The average Bonchev–Trinajstić information content (AvgIpc) is 2.88. The molecule has 2 aromatic carbocycles. The number of ether oxygens (including phenoxy) is 1. The maximum absolute atomic E-state index is 12.9. The van der Waals surface area contributed by atoms with E-state index in [1.54, 1.807) is 11.9 Å². The van der Waals surface area contributed by atoms with E-state index >= 15 is 0 Å². The van der Waals surface area contributed by atoms with Gasteiger partial charge in [-0.2, -0.15) is 0 Å².